The fourth-order valence-corrected chi connectivity index (χ4v) is 2.33. The second kappa shape index (κ2) is 2.72. The van der Waals surface area contributed by atoms with Gasteiger partial charge in [0.2, 0.25) is 0 Å². The molecule has 0 radical (unpaired) electrons. The third-order valence-corrected chi connectivity index (χ3v) is 3.24. The summed E-state index contributed by atoms with van der Waals surface area (Å²) in [4.78, 5) is 0. The molecule has 2 nitrogen and oxygen atoms in total. The number of hydrogen-bond acceptors (Lipinski definition) is 3. The molecule has 0 unspecified atom stereocenters. The van der Waals surface area contributed by atoms with Crippen molar-refractivity contribution < 1.29 is 9.47 Å². The summed E-state index contributed by atoms with van der Waals surface area (Å²) in [5.74, 6) is 2.38. The van der Waals surface area contributed by atoms with Gasteiger partial charge >= 0.3 is 0 Å². The molecule has 0 aromatic carbocycles. The Morgan fingerprint density at radius 1 is 1.30 bits per heavy atom. The van der Waals surface area contributed by atoms with Crippen molar-refractivity contribution in [3.63, 3.8) is 0 Å². The van der Waals surface area contributed by atoms with E-state index in [9.17, 15) is 0 Å². The van der Waals surface area contributed by atoms with Gasteiger partial charge in [0.25, 0.3) is 0 Å². The van der Waals surface area contributed by atoms with Crippen molar-refractivity contribution in [3.05, 3.63) is 0 Å². The van der Waals surface area contributed by atoms with Crippen molar-refractivity contribution in [3.8, 4) is 0 Å². The molecule has 0 N–H and O–H groups in total. The standard InChI is InChI=1S/C7H12O2S/c1-2-9-7(4-8-5-7)6-10-3-1/h1-6H2. The third-order valence-electron chi connectivity index (χ3n) is 1.94. The molecule has 1 spiro atoms. The number of rotatable bonds is 0. The zero-order chi connectivity index (χ0) is 6.86. The highest BCUT2D eigenvalue weighted by Crippen LogP contribution is 2.29. The van der Waals surface area contributed by atoms with E-state index in [0.29, 0.717) is 0 Å². The molecule has 58 valence electrons. The van der Waals surface area contributed by atoms with Crippen LogP contribution >= 0.6 is 11.8 Å². The highest BCUT2D eigenvalue weighted by atomic mass is 32.2. The minimum Gasteiger partial charge on any atom is -0.375 e. The van der Waals surface area contributed by atoms with Crippen LogP contribution in [0.3, 0.4) is 0 Å². The van der Waals surface area contributed by atoms with E-state index in [1.165, 1.54) is 12.2 Å². The molecule has 0 saturated carbocycles. The maximum Gasteiger partial charge on any atom is 0.124 e. The SMILES string of the molecule is C1COC2(COC2)CSC1. The smallest absolute Gasteiger partial charge is 0.124 e. The van der Waals surface area contributed by atoms with Crippen molar-refractivity contribution in [2.45, 2.75) is 12.0 Å². The lowest BCUT2D eigenvalue weighted by Crippen LogP contribution is -2.53. The first-order chi connectivity index (χ1) is 4.91. The quantitative estimate of drug-likeness (QED) is 0.525. The van der Waals surface area contributed by atoms with Crippen molar-refractivity contribution in [1.82, 2.24) is 0 Å². The van der Waals surface area contributed by atoms with Crippen LogP contribution in [0.4, 0.5) is 0 Å². The summed E-state index contributed by atoms with van der Waals surface area (Å²) in [6.45, 7) is 2.57. The van der Waals surface area contributed by atoms with Crippen LogP contribution in [0.2, 0.25) is 0 Å². The lowest BCUT2D eigenvalue weighted by atomic mass is 10.1. The molecule has 2 rings (SSSR count). The fraction of sp³-hybridized carbons (Fsp3) is 1.00. The van der Waals surface area contributed by atoms with Gasteiger partial charge in [0.15, 0.2) is 0 Å². The maximum atomic E-state index is 5.68. The van der Waals surface area contributed by atoms with Gasteiger partial charge in [-0.1, -0.05) is 0 Å². The van der Waals surface area contributed by atoms with Crippen LogP contribution in [0.1, 0.15) is 6.42 Å². The predicted molar refractivity (Wildman–Crippen MR) is 41.4 cm³/mol. The lowest BCUT2D eigenvalue weighted by Gasteiger charge is -2.39. The normalized spacial score (nSPS) is 31.2. The molecule has 0 amide bonds. The van der Waals surface area contributed by atoms with Crippen LogP contribution in [0, 0.1) is 0 Å². The summed E-state index contributed by atoms with van der Waals surface area (Å²) in [7, 11) is 0. The Kier molecular flexibility index (Phi) is 1.89. The molecule has 2 saturated heterocycles. The van der Waals surface area contributed by atoms with Gasteiger partial charge in [0, 0.05) is 12.4 Å². The molecule has 2 heterocycles. The van der Waals surface area contributed by atoms with E-state index in [4.69, 9.17) is 9.47 Å². The monoisotopic (exact) mass is 160 g/mol. The topological polar surface area (TPSA) is 18.5 Å². The zero-order valence-corrected chi connectivity index (χ0v) is 6.78. The Bertz CT molecular complexity index is 113. The van der Waals surface area contributed by atoms with Gasteiger partial charge < -0.3 is 9.47 Å². The third kappa shape index (κ3) is 1.18. The van der Waals surface area contributed by atoms with Gasteiger partial charge in [0.1, 0.15) is 5.60 Å². The van der Waals surface area contributed by atoms with E-state index in [-0.39, 0.29) is 5.60 Å². The molecule has 3 heteroatoms. The van der Waals surface area contributed by atoms with Gasteiger partial charge in [-0.2, -0.15) is 11.8 Å². The molecule has 2 fully saturated rings. The van der Waals surface area contributed by atoms with E-state index in [0.717, 1.165) is 25.6 Å². The van der Waals surface area contributed by atoms with Gasteiger partial charge in [0.05, 0.1) is 13.2 Å². The van der Waals surface area contributed by atoms with Crippen molar-refractivity contribution in [2.75, 3.05) is 31.3 Å². The molecule has 0 aliphatic carbocycles. The van der Waals surface area contributed by atoms with Crippen molar-refractivity contribution >= 4 is 11.8 Å². The largest absolute Gasteiger partial charge is 0.375 e. The number of hydrogen-bond donors (Lipinski definition) is 0. The second-order valence-electron chi connectivity index (χ2n) is 2.93. The minimum absolute atomic E-state index is 0.126. The van der Waals surface area contributed by atoms with E-state index in [1.54, 1.807) is 0 Å². The van der Waals surface area contributed by atoms with Crippen molar-refractivity contribution in [2.24, 2.45) is 0 Å². The molecule has 0 bridgehead atoms. The van der Waals surface area contributed by atoms with Gasteiger partial charge in [-0.3, -0.25) is 0 Å². The van der Waals surface area contributed by atoms with Gasteiger partial charge in [-0.05, 0) is 12.2 Å². The first-order valence-corrected chi connectivity index (χ1v) is 4.86. The summed E-state index contributed by atoms with van der Waals surface area (Å²) in [6.07, 6.45) is 1.20. The molecule has 2 aliphatic heterocycles. The number of ether oxygens (including phenoxy) is 2. The van der Waals surface area contributed by atoms with Crippen LogP contribution in [-0.4, -0.2) is 36.9 Å². The Morgan fingerprint density at radius 3 is 2.90 bits per heavy atom. The summed E-state index contributed by atoms with van der Waals surface area (Å²) < 4.78 is 10.8. The summed E-state index contributed by atoms with van der Waals surface area (Å²) in [5, 5.41) is 0. The van der Waals surface area contributed by atoms with Gasteiger partial charge in [-0.15, -0.1) is 0 Å². The summed E-state index contributed by atoms with van der Waals surface area (Å²) in [5.41, 5.74) is 0.126. The Morgan fingerprint density at radius 2 is 2.20 bits per heavy atom. The highest BCUT2D eigenvalue weighted by molar-refractivity contribution is 7.99. The average Bonchev–Trinajstić information content (AvgIpc) is 2.08. The van der Waals surface area contributed by atoms with Crippen LogP contribution < -0.4 is 0 Å². The molecule has 0 aromatic heterocycles. The predicted octanol–water partition coefficient (Wildman–Crippen LogP) is 0.909. The molecule has 0 aromatic rings. The maximum absolute atomic E-state index is 5.68. The molecular weight excluding hydrogens is 148 g/mol. The number of thioether (sulfide) groups is 1. The van der Waals surface area contributed by atoms with Crippen LogP contribution in [-0.2, 0) is 9.47 Å². The molecule has 0 atom stereocenters. The first kappa shape index (κ1) is 6.95. The fourth-order valence-electron chi connectivity index (χ4n) is 1.25. The minimum atomic E-state index is 0.126. The highest BCUT2D eigenvalue weighted by Gasteiger charge is 2.40. The lowest BCUT2D eigenvalue weighted by molar-refractivity contribution is -0.194. The first-order valence-electron chi connectivity index (χ1n) is 3.71. The Balaban J connectivity index is 1.92. The van der Waals surface area contributed by atoms with Gasteiger partial charge in [-0.25, -0.2) is 0 Å². The van der Waals surface area contributed by atoms with E-state index >= 15 is 0 Å². The molecule has 2 aliphatic rings. The Hall–Kier alpha value is 0.270. The van der Waals surface area contributed by atoms with Crippen LogP contribution in [0.15, 0.2) is 0 Å². The van der Waals surface area contributed by atoms with E-state index in [1.807, 2.05) is 11.8 Å². The summed E-state index contributed by atoms with van der Waals surface area (Å²) in [6, 6.07) is 0. The van der Waals surface area contributed by atoms with E-state index in [2.05, 4.69) is 0 Å². The second-order valence-corrected chi connectivity index (χ2v) is 4.04. The molecular formula is C7H12O2S. The molecule has 10 heavy (non-hydrogen) atoms. The zero-order valence-electron chi connectivity index (χ0n) is 5.97. The average molecular weight is 160 g/mol. The Labute approximate surface area is 65.3 Å². The summed E-state index contributed by atoms with van der Waals surface area (Å²) >= 11 is 1.99. The van der Waals surface area contributed by atoms with Crippen molar-refractivity contribution in [1.29, 1.82) is 0 Å². The van der Waals surface area contributed by atoms with E-state index < -0.39 is 0 Å². The van der Waals surface area contributed by atoms with Crippen LogP contribution in [0.25, 0.3) is 0 Å². The van der Waals surface area contributed by atoms with Crippen LogP contribution in [0.5, 0.6) is 0 Å².